The summed E-state index contributed by atoms with van der Waals surface area (Å²) in [5.74, 6) is 0.860. The molecular formula is C25H27N5O6. The van der Waals surface area contributed by atoms with Gasteiger partial charge in [-0.05, 0) is 35.4 Å². The Bertz CT molecular complexity index is 1320. The molecule has 4 rings (SSSR count). The monoisotopic (exact) mass is 493 g/mol. The number of methoxy groups -OCH3 is 3. The van der Waals surface area contributed by atoms with Crippen molar-refractivity contribution in [1.82, 2.24) is 19.8 Å². The zero-order valence-electron chi connectivity index (χ0n) is 20.7. The van der Waals surface area contributed by atoms with Crippen LogP contribution in [0.1, 0.15) is 22.5 Å². The van der Waals surface area contributed by atoms with Crippen molar-refractivity contribution < 1.29 is 28.9 Å². The van der Waals surface area contributed by atoms with Crippen LogP contribution in [0.2, 0.25) is 0 Å². The van der Waals surface area contributed by atoms with Gasteiger partial charge in [0.1, 0.15) is 5.75 Å². The number of carbonyl (C=O) groups is 2. The molecule has 2 N–H and O–H groups in total. The number of carbonyl (C=O) groups excluding carboxylic acids is 2. The van der Waals surface area contributed by atoms with Gasteiger partial charge in [-0.1, -0.05) is 12.1 Å². The minimum Gasteiger partial charge on any atom is -0.502 e. The van der Waals surface area contributed by atoms with Crippen LogP contribution in [0.3, 0.4) is 0 Å². The molecule has 0 spiro atoms. The third-order valence-corrected chi connectivity index (χ3v) is 5.96. The summed E-state index contributed by atoms with van der Waals surface area (Å²) in [7, 11) is 7.72. The Hall–Kier alpha value is -4.54. The second-order valence-electron chi connectivity index (χ2n) is 8.17. The molecule has 36 heavy (non-hydrogen) atoms. The molecule has 2 heterocycles. The first-order valence-corrected chi connectivity index (χ1v) is 11.0. The smallest absolute Gasteiger partial charge is 0.329 e. The molecule has 2 aromatic carbocycles. The van der Waals surface area contributed by atoms with Gasteiger partial charge in [-0.2, -0.15) is 4.99 Å². The van der Waals surface area contributed by atoms with Crippen LogP contribution in [0.4, 0.5) is 10.7 Å². The van der Waals surface area contributed by atoms with Gasteiger partial charge in [0.05, 0.1) is 27.0 Å². The maximum absolute atomic E-state index is 12.3. The molecule has 0 saturated carbocycles. The van der Waals surface area contributed by atoms with Gasteiger partial charge in [0.2, 0.25) is 17.5 Å². The van der Waals surface area contributed by atoms with Crippen molar-refractivity contribution in [3.05, 3.63) is 58.9 Å². The van der Waals surface area contributed by atoms with Crippen molar-refractivity contribution in [2.24, 2.45) is 12.0 Å². The first-order valence-electron chi connectivity index (χ1n) is 11.0. The summed E-state index contributed by atoms with van der Waals surface area (Å²) in [5, 5.41) is 12.7. The van der Waals surface area contributed by atoms with Gasteiger partial charge in [-0.3, -0.25) is 15.0 Å². The van der Waals surface area contributed by atoms with Crippen molar-refractivity contribution in [1.29, 1.82) is 0 Å². The lowest BCUT2D eigenvalue weighted by Gasteiger charge is -2.12. The average Bonchev–Trinajstić information content (AvgIpc) is 3.30. The number of likely N-dealkylation sites (N-methyl/N-ethyl adjacent to an activating group) is 1. The molecule has 3 amide bonds. The molecule has 3 aromatic rings. The van der Waals surface area contributed by atoms with Crippen LogP contribution in [-0.4, -0.2) is 65.7 Å². The van der Waals surface area contributed by atoms with E-state index in [0.29, 0.717) is 18.5 Å². The van der Waals surface area contributed by atoms with E-state index in [-0.39, 0.29) is 29.0 Å². The number of imidazole rings is 1. The highest BCUT2D eigenvalue weighted by molar-refractivity contribution is 6.47. The Morgan fingerprint density at radius 2 is 1.58 bits per heavy atom. The number of amidine groups is 1. The third-order valence-electron chi connectivity index (χ3n) is 5.96. The summed E-state index contributed by atoms with van der Waals surface area (Å²) >= 11 is 0. The Morgan fingerprint density at radius 3 is 2.11 bits per heavy atom. The summed E-state index contributed by atoms with van der Waals surface area (Å²) in [5.41, 5.74) is 3.37. The molecule has 0 unspecified atom stereocenters. The summed E-state index contributed by atoms with van der Waals surface area (Å²) < 4.78 is 17.6. The maximum atomic E-state index is 12.3. The minimum atomic E-state index is -0.546. The number of aromatic nitrogens is 2. The number of ether oxygens (including phenoxy) is 3. The molecular weight excluding hydrogens is 466 g/mol. The van der Waals surface area contributed by atoms with Crippen molar-refractivity contribution in [3.8, 4) is 23.0 Å². The number of phenolic OH excluding ortho intramolecular Hbond substituents is 1. The number of amides is 3. The summed E-state index contributed by atoms with van der Waals surface area (Å²) in [6, 6.07) is 10.6. The SMILES string of the molecule is COc1ccc(Cc2c(Cc3cc(OC)c(O)c(OC)c3)nc(N=C3NC(=O)N(C)C3=O)n2C)cc1. The lowest BCUT2D eigenvalue weighted by molar-refractivity contribution is -0.119. The molecule has 1 aromatic heterocycles. The first-order chi connectivity index (χ1) is 17.2. The summed E-state index contributed by atoms with van der Waals surface area (Å²) in [6.45, 7) is 0. The van der Waals surface area contributed by atoms with Crippen LogP contribution in [0.25, 0.3) is 0 Å². The van der Waals surface area contributed by atoms with E-state index in [1.807, 2.05) is 24.3 Å². The molecule has 11 heteroatoms. The molecule has 188 valence electrons. The first kappa shape index (κ1) is 24.6. The van der Waals surface area contributed by atoms with Crippen molar-refractivity contribution >= 4 is 23.7 Å². The standard InChI is InChI=1S/C25H27N5O6/c1-29-18(11-14-6-8-16(34-3)9-7-14)17(10-15-12-19(35-4)21(31)20(13-15)36-5)26-24(29)27-22-23(32)30(2)25(33)28-22/h6-9,12-13,31H,10-11H2,1-5H3,(H,26,27,28,33). The molecule has 0 radical (unpaired) electrons. The van der Waals surface area contributed by atoms with Crippen LogP contribution in [0.15, 0.2) is 41.4 Å². The number of rotatable bonds is 8. The average molecular weight is 494 g/mol. The van der Waals surface area contributed by atoms with Crippen LogP contribution in [-0.2, 0) is 24.7 Å². The van der Waals surface area contributed by atoms with Gasteiger partial charge >= 0.3 is 6.03 Å². The van der Waals surface area contributed by atoms with Crippen LogP contribution in [0.5, 0.6) is 23.0 Å². The van der Waals surface area contributed by atoms with Crippen LogP contribution >= 0.6 is 0 Å². The van der Waals surface area contributed by atoms with E-state index in [9.17, 15) is 14.7 Å². The van der Waals surface area contributed by atoms with E-state index >= 15 is 0 Å². The Balaban J connectivity index is 1.77. The molecule has 0 aliphatic carbocycles. The van der Waals surface area contributed by atoms with E-state index in [1.165, 1.54) is 21.3 Å². The fourth-order valence-electron chi connectivity index (χ4n) is 3.88. The highest BCUT2D eigenvalue weighted by atomic mass is 16.5. The second kappa shape index (κ2) is 9.98. The van der Waals surface area contributed by atoms with Crippen LogP contribution < -0.4 is 19.5 Å². The van der Waals surface area contributed by atoms with Crippen molar-refractivity contribution in [2.45, 2.75) is 12.8 Å². The predicted octanol–water partition coefficient (Wildman–Crippen LogP) is 2.54. The number of urea groups is 1. The van der Waals surface area contributed by atoms with E-state index in [4.69, 9.17) is 19.2 Å². The number of nitrogens with zero attached hydrogens (tertiary/aromatic N) is 4. The van der Waals surface area contributed by atoms with E-state index in [1.54, 1.807) is 30.9 Å². The third kappa shape index (κ3) is 4.67. The number of aliphatic imine (C=N–C) groups is 1. The van der Waals surface area contributed by atoms with Gasteiger partial charge in [-0.25, -0.2) is 9.78 Å². The van der Waals surface area contributed by atoms with Crippen molar-refractivity contribution in [3.63, 3.8) is 0 Å². The number of hydrogen-bond acceptors (Lipinski definition) is 8. The second-order valence-corrected chi connectivity index (χ2v) is 8.17. The van der Waals surface area contributed by atoms with E-state index < -0.39 is 11.9 Å². The Labute approximate surface area is 207 Å². The van der Waals surface area contributed by atoms with Gasteiger partial charge in [0, 0.05) is 32.6 Å². The summed E-state index contributed by atoms with van der Waals surface area (Å²) in [4.78, 5) is 34.2. The number of nitrogens with one attached hydrogen (secondary N) is 1. The van der Waals surface area contributed by atoms with Crippen LogP contribution in [0, 0.1) is 0 Å². The Morgan fingerprint density at radius 1 is 0.944 bits per heavy atom. The number of phenols is 1. The lowest BCUT2D eigenvalue weighted by Crippen LogP contribution is -2.25. The van der Waals surface area contributed by atoms with Gasteiger partial charge < -0.3 is 23.9 Å². The predicted molar refractivity (Wildman–Crippen MR) is 131 cm³/mol. The molecule has 1 aliphatic rings. The molecule has 11 nitrogen and oxygen atoms in total. The highest BCUT2D eigenvalue weighted by Crippen LogP contribution is 2.38. The molecule has 0 atom stereocenters. The number of aromatic hydroxyl groups is 1. The van der Waals surface area contributed by atoms with Gasteiger partial charge in [0.15, 0.2) is 11.5 Å². The topological polar surface area (TPSA) is 128 Å². The lowest BCUT2D eigenvalue weighted by atomic mass is 10.0. The van der Waals surface area contributed by atoms with Gasteiger partial charge in [0.25, 0.3) is 5.91 Å². The minimum absolute atomic E-state index is 0.0880. The molecule has 0 bridgehead atoms. The Kier molecular flexibility index (Phi) is 6.82. The van der Waals surface area contributed by atoms with E-state index in [0.717, 1.165) is 27.5 Å². The zero-order chi connectivity index (χ0) is 26.0. The van der Waals surface area contributed by atoms with Crippen molar-refractivity contribution in [2.75, 3.05) is 28.4 Å². The fourth-order valence-corrected chi connectivity index (χ4v) is 3.88. The molecule has 1 aliphatic heterocycles. The number of benzene rings is 2. The normalized spacial score (nSPS) is 14.4. The largest absolute Gasteiger partial charge is 0.502 e. The molecule has 1 fully saturated rings. The van der Waals surface area contributed by atoms with E-state index in [2.05, 4.69) is 10.3 Å². The summed E-state index contributed by atoms with van der Waals surface area (Å²) in [6.07, 6.45) is 0.900. The highest BCUT2D eigenvalue weighted by Gasteiger charge is 2.32. The fraction of sp³-hybridized carbons (Fsp3) is 0.280. The quantitative estimate of drug-likeness (QED) is 0.462. The maximum Gasteiger partial charge on any atom is 0.329 e. The van der Waals surface area contributed by atoms with Gasteiger partial charge in [-0.15, -0.1) is 0 Å². The zero-order valence-corrected chi connectivity index (χ0v) is 20.7. The molecule has 1 saturated heterocycles. The number of imide groups is 1. The number of hydrogen-bond donors (Lipinski definition) is 2.